The number of rotatable bonds is 4. The summed E-state index contributed by atoms with van der Waals surface area (Å²) in [5.41, 5.74) is -2.52. The molecule has 16 heavy (non-hydrogen) atoms. The lowest BCUT2D eigenvalue weighted by Gasteiger charge is -2.26. The summed E-state index contributed by atoms with van der Waals surface area (Å²) in [4.78, 5) is 12.4. The van der Waals surface area contributed by atoms with Crippen molar-refractivity contribution in [2.75, 3.05) is 0 Å². The van der Waals surface area contributed by atoms with Crippen molar-refractivity contribution in [3.05, 3.63) is 35.8 Å². The van der Waals surface area contributed by atoms with Gasteiger partial charge in [0, 0.05) is 8.16 Å². The monoisotopic (exact) mass is 230 g/mol. The Kier molecular flexibility index (Phi) is 1.56. The van der Waals surface area contributed by atoms with Gasteiger partial charge in [0.2, 0.25) is 0 Å². The van der Waals surface area contributed by atoms with Crippen molar-refractivity contribution in [1.29, 1.82) is 0 Å². The molecule has 0 aliphatic heterocycles. The third-order valence-corrected chi connectivity index (χ3v) is 1.97. The van der Waals surface area contributed by atoms with E-state index < -0.39 is 66.9 Å². The quantitative estimate of drug-likeness (QED) is 0.638. The van der Waals surface area contributed by atoms with Crippen LogP contribution in [0.25, 0.3) is 0 Å². The topological polar surface area (TPSA) is 40.5 Å². The van der Waals surface area contributed by atoms with Crippen LogP contribution < -0.4 is 0 Å². The van der Waals surface area contributed by atoms with Crippen molar-refractivity contribution in [3.63, 3.8) is 0 Å². The molecule has 0 heterocycles. The van der Waals surface area contributed by atoms with Gasteiger partial charge in [0.25, 0.3) is 5.91 Å². The Labute approximate surface area is 109 Å². The molecule has 0 aromatic heterocycles. The Morgan fingerprint density at radius 2 is 2.19 bits per heavy atom. The number of hydrogen-bond donors (Lipinski definition) is 1. The molecule has 1 aromatic rings. The summed E-state index contributed by atoms with van der Waals surface area (Å²) in [6.07, 6.45) is -1.26. The number of carbonyl (C=O) groups is 1. The van der Waals surface area contributed by atoms with E-state index >= 15 is 0 Å². The molecule has 3 heteroatoms. The van der Waals surface area contributed by atoms with Gasteiger partial charge in [0.05, 0.1) is 16.1 Å². The molecule has 88 valence electrons. The van der Waals surface area contributed by atoms with Crippen LogP contribution in [0.3, 0.4) is 0 Å². The molecule has 1 rings (SSSR count). The zero-order chi connectivity index (χ0) is 19.9. The number of amides is 1. The smallest absolute Gasteiger partial charge is 0.251 e. The van der Waals surface area contributed by atoms with Crippen LogP contribution >= 0.6 is 0 Å². The van der Waals surface area contributed by atoms with Gasteiger partial charge < -0.3 is 0 Å². The number of hydroxylamine groups is 2. The predicted molar refractivity (Wildman–Crippen MR) is 62.9 cm³/mol. The molecule has 1 amide bonds. The number of nitrogens with zero attached hydrogens (tertiary/aromatic N) is 1. The summed E-state index contributed by atoms with van der Waals surface area (Å²) >= 11 is 0. The van der Waals surface area contributed by atoms with Crippen LogP contribution in [-0.4, -0.2) is 16.2 Å². The Bertz CT molecular complexity index is 664. The second-order valence-corrected chi connectivity index (χ2v) is 3.65. The molecule has 0 radical (unpaired) electrons. The predicted octanol–water partition coefficient (Wildman–Crippen LogP) is 2.84. The average Bonchev–Trinajstić information content (AvgIpc) is 2.55. The first-order valence-electron chi connectivity index (χ1n) is 9.33. The summed E-state index contributed by atoms with van der Waals surface area (Å²) < 4.78 is 69.1. The Morgan fingerprint density at radius 3 is 2.75 bits per heavy atom. The van der Waals surface area contributed by atoms with E-state index in [9.17, 15) is 10.0 Å². The van der Waals surface area contributed by atoms with Crippen LogP contribution in [0.15, 0.2) is 30.2 Å². The molecule has 0 saturated heterocycles. The molecule has 0 fully saturated rings. The average molecular weight is 230 g/mol. The van der Waals surface area contributed by atoms with Crippen LogP contribution in [-0.2, 0) is 11.3 Å². The van der Waals surface area contributed by atoms with Crippen molar-refractivity contribution in [3.8, 4) is 0 Å². The summed E-state index contributed by atoms with van der Waals surface area (Å²) in [5.74, 6) is -1.24. The fourth-order valence-corrected chi connectivity index (χ4v) is 0.823. The first-order chi connectivity index (χ1) is 11.2. The summed E-state index contributed by atoms with van der Waals surface area (Å²) in [7, 11) is 0. The SMILES string of the molecule is [2H]CC([2H])C(C)(C)C(=O)N(O)C([2H])([2H])c1c([2H])c([2H])c([2H])c([2H])c1[2H]. The van der Waals surface area contributed by atoms with E-state index in [-0.39, 0.29) is 5.06 Å². The normalized spacial score (nSPS) is 22.1. The van der Waals surface area contributed by atoms with Crippen molar-refractivity contribution in [2.24, 2.45) is 5.41 Å². The van der Waals surface area contributed by atoms with Crippen LogP contribution in [0.4, 0.5) is 0 Å². The molecule has 0 aliphatic carbocycles. The van der Waals surface area contributed by atoms with Gasteiger partial charge in [-0.15, -0.1) is 0 Å². The molecule has 1 atom stereocenters. The van der Waals surface area contributed by atoms with Crippen LogP contribution in [0.2, 0.25) is 0 Å². The van der Waals surface area contributed by atoms with Crippen LogP contribution in [0, 0.1) is 5.41 Å². The summed E-state index contributed by atoms with van der Waals surface area (Å²) in [5, 5.41) is 9.74. The Balaban J connectivity index is 3.51. The lowest BCUT2D eigenvalue weighted by molar-refractivity contribution is -0.178. The third-order valence-electron chi connectivity index (χ3n) is 1.97. The van der Waals surface area contributed by atoms with Gasteiger partial charge in [-0.05, 0) is 12.0 Å². The first kappa shape index (κ1) is 4.88. The Morgan fingerprint density at radius 1 is 1.56 bits per heavy atom. The third kappa shape index (κ3) is 3.07. The molecule has 0 spiro atoms. The van der Waals surface area contributed by atoms with Gasteiger partial charge in [-0.3, -0.25) is 10.0 Å². The highest BCUT2D eigenvalue weighted by molar-refractivity contribution is 5.80. The van der Waals surface area contributed by atoms with E-state index in [1.165, 1.54) is 13.8 Å². The summed E-state index contributed by atoms with van der Waals surface area (Å²) in [6.45, 7) is -1.10. The number of carbonyl (C=O) groups excluding carboxylic acids is 1. The minimum absolute atomic E-state index is 0.363. The van der Waals surface area contributed by atoms with Gasteiger partial charge in [0.15, 0.2) is 0 Å². The first-order valence-corrected chi connectivity index (χ1v) is 4.55. The standard InChI is InChI=1S/C13H19NO2/c1-4-13(2,3)12(15)14(16)10-11-8-6-5-7-9-11/h5-9,16H,4,10H2,1-3H3/i1D,4D,5D,6D,7D,8D,9D,10D2. The highest BCUT2D eigenvalue weighted by Gasteiger charge is 2.29. The van der Waals surface area contributed by atoms with E-state index in [2.05, 4.69) is 0 Å². The van der Waals surface area contributed by atoms with Gasteiger partial charge >= 0.3 is 0 Å². The van der Waals surface area contributed by atoms with Crippen molar-refractivity contribution in [2.45, 2.75) is 33.6 Å². The molecule has 0 bridgehead atoms. The van der Waals surface area contributed by atoms with Crippen molar-refractivity contribution in [1.82, 2.24) is 5.06 Å². The lowest BCUT2D eigenvalue weighted by Crippen LogP contribution is -2.38. The largest absolute Gasteiger partial charge is 0.286 e. The second kappa shape index (κ2) is 5.12. The molecule has 1 aromatic carbocycles. The second-order valence-electron chi connectivity index (χ2n) is 3.65. The maximum absolute atomic E-state index is 12.4. The highest BCUT2D eigenvalue weighted by Crippen LogP contribution is 2.23. The van der Waals surface area contributed by atoms with E-state index in [0.29, 0.717) is 0 Å². The minimum atomic E-state index is -3.14. The van der Waals surface area contributed by atoms with E-state index in [4.69, 9.17) is 12.3 Å². The number of benzene rings is 1. The Hall–Kier alpha value is -1.35. The molecule has 1 unspecified atom stereocenters. The fraction of sp³-hybridized carbons (Fsp3) is 0.462. The lowest BCUT2D eigenvalue weighted by atomic mass is 9.89. The fourth-order valence-electron chi connectivity index (χ4n) is 0.823. The molecule has 3 nitrogen and oxygen atoms in total. The van der Waals surface area contributed by atoms with Gasteiger partial charge in [-0.2, -0.15) is 0 Å². The molecule has 0 saturated carbocycles. The minimum Gasteiger partial charge on any atom is -0.286 e. The van der Waals surface area contributed by atoms with Crippen molar-refractivity contribution >= 4 is 5.91 Å². The van der Waals surface area contributed by atoms with E-state index in [1.54, 1.807) is 0 Å². The molecule has 1 N–H and O–H groups in total. The maximum Gasteiger partial charge on any atom is 0.251 e. The molecule has 0 aliphatic rings. The van der Waals surface area contributed by atoms with Crippen LogP contribution in [0.1, 0.15) is 45.0 Å². The van der Waals surface area contributed by atoms with Gasteiger partial charge in [-0.1, -0.05) is 51.0 Å². The van der Waals surface area contributed by atoms with Gasteiger partial charge in [0.1, 0.15) is 0 Å². The maximum atomic E-state index is 12.4. The number of hydrogen-bond acceptors (Lipinski definition) is 2. The van der Waals surface area contributed by atoms with Gasteiger partial charge in [-0.25, -0.2) is 5.06 Å². The highest BCUT2D eigenvalue weighted by atomic mass is 16.5. The van der Waals surface area contributed by atoms with Crippen molar-refractivity contribution < 1.29 is 22.3 Å². The zero-order valence-corrected chi connectivity index (χ0v) is 9.09. The van der Waals surface area contributed by atoms with E-state index in [1.807, 2.05) is 0 Å². The van der Waals surface area contributed by atoms with Crippen LogP contribution in [0.5, 0.6) is 0 Å². The summed E-state index contributed by atoms with van der Waals surface area (Å²) in [6, 6.07) is -4.10. The van der Waals surface area contributed by atoms with E-state index in [0.717, 1.165) is 0 Å². The molecular formula is C13H19NO2. The molecular weight excluding hydrogens is 202 g/mol. The zero-order valence-electron chi connectivity index (χ0n) is 18.1.